The number of pyridine rings is 1. The van der Waals surface area contributed by atoms with Crippen molar-refractivity contribution in [3.05, 3.63) is 77.7 Å². The van der Waals surface area contributed by atoms with Crippen molar-refractivity contribution in [2.75, 3.05) is 0 Å². The van der Waals surface area contributed by atoms with E-state index in [0.717, 1.165) is 11.6 Å². The molecule has 6 heteroatoms. The zero-order valence-corrected chi connectivity index (χ0v) is 13.5. The van der Waals surface area contributed by atoms with E-state index in [2.05, 4.69) is 15.0 Å². The first-order chi connectivity index (χ1) is 12.1. The van der Waals surface area contributed by atoms with Gasteiger partial charge in [-0.3, -0.25) is 4.98 Å². The number of halogens is 3. The first-order valence-corrected chi connectivity index (χ1v) is 7.83. The molecule has 25 heavy (non-hydrogen) atoms. The molecule has 3 nitrogen and oxygen atoms in total. The first kappa shape index (κ1) is 15.6. The largest absolute Gasteiger partial charge is 0.264 e. The molecule has 0 saturated heterocycles. The Morgan fingerprint density at radius 3 is 2.52 bits per heavy atom. The molecule has 0 aliphatic heterocycles. The zero-order chi connectivity index (χ0) is 17.4. The smallest absolute Gasteiger partial charge is 0.163 e. The van der Waals surface area contributed by atoms with Crippen LogP contribution in [0.3, 0.4) is 0 Å². The highest BCUT2D eigenvalue weighted by atomic mass is 35.5. The molecule has 0 fully saturated rings. The molecule has 4 aromatic rings. The highest BCUT2D eigenvalue weighted by molar-refractivity contribution is 6.34. The van der Waals surface area contributed by atoms with E-state index in [0.29, 0.717) is 22.3 Å². The van der Waals surface area contributed by atoms with Gasteiger partial charge in [-0.2, -0.15) is 0 Å². The highest BCUT2D eigenvalue weighted by Crippen LogP contribution is 2.30. The Morgan fingerprint density at radius 1 is 0.880 bits per heavy atom. The van der Waals surface area contributed by atoms with Crippen molar-refractivity contribution >= 4 is 22.5 Å². The molecule has 4 rings (SSSR count). The minimum absolute atomic E-state index is 0.258. The molecule has 2 aromatic carbocycles. The van der Waals surface area contributed by atoms with Crippen LogP contribution in [0, 0.1) is 11.6 Å². The van der Waals surface area contributed by atoms with E-state index in [4.69, 9.17) is 11.6 Å². The minimum Gasteiger partial charge on any atom is -0.264 e. The number of hydrogen-bond donors (Lipinski definition) is 0. The van der Waals surface area contributed by atoms with Gasteiger partial charge in [-0.15, -0.1) is 0 Å². The summed E-state index contributed by atoms with van der Waals surface area (Å²) in [7, 11) is 0. The lowest BCUT2D eigenvalue weighted by molar-refractivity contribution is 0.585. The van der Waals surface area contributed by atoms with Gasteiger partial charge in [-0.1, -0.05) is 17.7 Å². The van der Waals surface area contributed by atoms with Gasteiger partial charge in [0.05, 0.1) is 5.52 Å². The van der Waals surface area contributed by atoms with Gasteiger partial charge in [0.1, 0.15) is 16.8 Å². The van der Waals surface area contributed by atoms with Crippen molar-refractivity contribution in [2.24, 2.45) is 0 Å². The maximum absolute atomic E-state index is 14.0. The molecule has 0 aliphatic rings. The Hall–Kier alpha value is -2.92. The Kier molecular flexibility index (Phi) is 3.86. The van der Waals surface area contributed by atoms with Gasteiger partial charge in [0, 0.05) is 35.0 Å². The highest BCUT2D eigenvalue weighted by Gasteiger charge is 2.12. The molecule has 0 unspecified atom stereocenters. The van der Waals surface area contributed by atoms with Crippen LogP contribution in [0.2, 0.25) is 5.15 Å². The summed E-state index contributed by atoms with van der Waals surface area (Å²) in [6.07, 6.45) is 3.31. The molecular formula is C19H10ClF2N3. The Balaban J connectivity index is 1.86. The van der Waals surface area contributed by atoms with Crippen molar-refractivity contribution in [2.45, 2.75) is 0 Å². The van der Waals surface area contributed by atoms with Crippen LogP contribution in [-0.4, -0.2) is 15.0 Å². The SMILES string of the molecule is Fc1ccc(-c2ccc3nc(-c4cccnc4)nc(Cl)c3c2)c(F)c1. The summed E-state index contributed by atoms with van der Waals surface area (Å²) in [5.41, 5.74) is 2.24. The lowest BCUT2D eigenvalue weighted by atomic mass is 10.0. The summed E-state index contributed by atoms with van der Waals surface area (Å²) < 4.78 is 27.1. The number of fused-ring (bicyclic) bond motifs is 1. The van der Waals surface area contributed by atoms with Gasteiger partial charge in [-0.05, 0) is 42.0 Å². The molecule has 0 radical (unpaired) electrons. The van der Waals surface area contributed by atoms with Crippen LogP contribution in [0.1, 0.15) is 0 Å². The fraction of sp³-hybridized carbons (Fsp3) is 0. The van der Waals surface area contributed by atoms with E-state index in [1.807, 2.05) is 6.07 Å². The molecule has 0 aliphatic carbocycles. The lowest BCUT2D eigenvalue weighted by Crippen LogP contribution is -1.93. The zero-order valence-electron chi connectivity index (χ0n) is 12.7. The second-order valence-corrected chi connectivity index (χ2v) is 5.79. The van der Waals surface area contributed by atoms with E-state index < -0.39 is 11.6 Å². The second-order valence-electron chi connectivity index (χ2n) is 5.44. The Morgan fingerprint density at radius 2 is 1.76 bits per heavy atom. The number of aromatic nitrogens is 3. The van der Waals surface area contributed by atoms with Gasteiger partial charge in [-0.25, -0.2) is 18.7 Å². The van der Waals surface area contributed by atoms with Crippen LogP contribution in [0.4, 0.5) is 8.78 Å². The van der Waals surface area contributed by atoms with Crippen LogP contribution in [0.15, 0.2) is 60.9 Å². The van der Waals surface area contributed by atoms with E-state index in [1.54, 1.807) is 36.7 Å². The van der Waals surface area contributed by atoms with Crippen molar-refractivity contribution in [1.82, 2.24) is 15.0 Å². The Bertz CT molecular complexity index is 1080. The van der Waals surface area contributed by atoms with Crippen molar-refractivity contribution in [1.29, 1.82) is 0 Å². The molecule has 122 valence electrons. The fourth-order valence-corrected chi connectivity index (χ4v) is 2.84. The number of rotatable bonds is 2. The maximum atomic E-state index is 14.0. The monoisotopic (exact) mass is 353 g/mol. The summed E-state index contributed by atoms with van der Waals surface area (Å²) >= 11 is 6.31. The molecule has 0 N–H and O–H groups in total. The van der Waals surface area contributed by atoms with E-state index in [1.165, 1.54) is 12.1 Å². The van der Waals surface area contributed by atoms with Gasteiger partial charge >= 0.3 is 0 Å². The summed E-state index contributed by atoms with van der Waals surface area (Å²) in [4.78, 5) is 12.8. The summed E-state index contributed by atoms with van der Waals surface area (Å²) in [5.74, 6) is -0.792. The maximum Gasteiger partial charge on any atom is 0.163 e. The molecular weight excluding hydrogens is 344 g/mol. The third-order valence-electron chi connectivity index (χ3n) is 3.81. The molecule has 0 bridgehead atoms. The third-order valence-corrected chi connectivity index (χ3v) is 4.10. The molecule has 0 amide bonds. The quantitative estimate of drug-likeness (QED) is 0.459. The van der Waals surface area contributed by atoms with Crippen LogP contribution in [0.25, 0.3) is 33.4 Å². The van der Waals surface area contributed by atoms with Crippen molar-refractivity contribution < 1.29 is 8.78 Å². The predicted molar refractivity (Wildman–Crippen MR) is 93.1 cm³/mol. The number of nitrogens with zero attached hydrogens (tertiary/aromatic N) is 3. The van der Waals surface area contributed by atoms with Gasteiger partial charge < -0.3 is 0 Å². The molecule has 0 atom stereocenters. The predicted octanol–water partition coefficient (Wildman–Crippen LogP) is 5.29. The van der Waals surface area contributed by atoms with Crippen LogP contribution < -0.4 is 0 Å². The third kappa shape index (κ3) is 2.94. The molecule has 0 saturated carbocycles. The van der Waals surface area contributed by atoms with Crippen molar-refractivity contribution in [3.63, 3.8) is 0 Å². The lowest BCUT2D eigenvalue weighted by Gasteiger charge is -2.08. The normalized spacial score (nSPS) is 11.0. The molecule has 0 spiro atoms. The standard InChI is InChI=1S/C19H10ClF2N3/c20-18-15-8-11(14-5-4-13(21)9-16(14)22)3-6-17(15)24-19(25-18)12-2-1-7-23-10-12/h1-10H. The minimum atomic E-state index is -0.636. The molecule has 2 heterocycles. The van der Waals surface area contributed by atoms with Crippen LogP contribution in [-0.2, 0) is 0 Å². The van der Waals surface area contributed by atoms with E-state index in [9.17, 15) is 8.78 Å². The van der Waals surface area contributed by atoms with Crippen molar-refractivity contribution in [3.8, 4) is 22.5 Å². The Labute approximate surface area is 147 Å². The van der Waals surface area contributed by atoms with Gasteiger partial charge in [0.2, 0.25) is 0 Å². The average Bonchev–Trinajstić information content (AvgIpc) is 2.62. The topological polar surface area (TPSA) is 38.7 Å². The first-order valence-electron chi connectivity index (χ1n) is 7.45. The second kappa shape index (κ2) is 6.18. The fourth-order valence-electron chi connectivity index (χ4n) is 2.61. The van der Waals surface area contributed by atoms with Crippen LogP contribution in [0.5, 0.6) is 0 Å². The summed E-state index contributed by atoms with van der Waals surface area (Å²) in [6, 6.07) is 12.2. The number of hydrogen-bond acceptors (Lipinski definition) is 3. The average molecular weight is 354 g/mol. The molecule has 2 aromatic heterocycles. The van der Waals surface area contributed by atoms with Crippen LogP contribution >= 0.6 is 11.6 Å². The van der Waals surface area contributed by atoms with Gasteiger partial charge in [0.15, 0.2) is 5.82 Å². The summed E-state index contributed by atoms with van der Waals surface area (Å²) in [6.45, 7) is 0. The van der Waals surface area contributed by atoms with Gasteiger partial charge in [0.25, 0.3) is 0 Å². The van der Waals surface area contributed by atoms with E-state index >= 15 is 0 Å². The summed E-state index contributed by atoms with van der Waals surface area (Å²) in [5, 5.41) is 0.851. The van der Waals surface area contributed by atoms with E-state index in [-0.39, 0.29) is 10.7 Å². The number of benzene rings is 2.